The van der Waals surface area contributed by atoms with E-state index in [1.165, 1.54) is 12.8 Å². The third-order valence-corrected chi connectivity index (χ3v) is 4.65. The summed E-state index contributed by atoms with van der Waals surface area (Å²) < 4.78 is 26.9. The molecule has 1 aromatic heterocycles. The lowest BCUT2D eigenvalue weighted by atomic mass is 10.3. The fourth-order valence-electron chi connectivity index (χ4n) is 1.85. The van der Waals surface area contributed by atoms with Gasteiger partial charge in [0.2, 0.25) is 0 Å². The van der Waals surface area contributed by atoms with Crippen LogP contribution in [0.3, 0.4) is 0 Å². The molecule has 0 amide bonds. The van der Waals surface area contributed by atoms with Crippen molar-refractivity contribution in [3.05, 3.63) is 11.8 Å². The monoisotopic (exact) mass is 286 g/mol. The summed E-state index contributed by atoms with van der Waals surface area (Å²) in [4.78, 5) is 0. The molecule has 0 spiro atoms. The van der Waals surface area contributed by atoms with Crippen LogP contribution in [0.15, 0.2) is 11.2 Å². The number of sulfonamides is 1. The van der Waals surface area contributed by atoms with Crippen molar-refractivity contribution in [3.63, 3.8) is 0 Å². The third kappa shape index (κ3) is 4.29. The maximum Gasteiger partial charge on any atom is 0.257 e. The van der Waals surface area contributed by atoms with Gasteiger partial charge in [-0.25, -0.2) is 13.1 Å². The molecule has 6 nitrogen and oxygen atoms in total. The Morgan fingerprint density at radius 2 is 2.21 bits per heavy atom. The number of nitrogens with zero attached hydrogens (tertiary/aromatic N) is 1. The average Bonchev–Trinajstić information content (AvgIpc) is 3.08. The maximum atomic E-state index is 12.1. The smallest absolute Gasteiger partial charge is 0.257 e. The van der Waals surface area contributed by atoms with Crippen molar-refractivity contribution in [1.82, 2.24) is 20.2 Å². The number of aromatic amines is 1. The largest absolute Gasteiger partial charge is 0.310 e. The fourth-order valence-corrected chi connectivity index (χ4v) is 3.05. The van der Waals surface area contributed by atoms with Gasteiger partial charge in [0.1, 0.15) is 0 Å². The highest BCUT2D eigenvalue weighted by molar-refractivity contribution is 7.89. The molecule has 3 N–H and O–H groups in total. The van der Waals surface area contributed by atoms with Gasteiger partial charge in [-0.2, -0.15) is 5.10 Å². The maximum absolute atomic E-state index is 12.1. The summed E-state index contributed by atoms with van der Waals surface area (Å²) in [5, 5.41) is 9.93. The summed E-state index contributed by atoms with van der Waals surface area (Å²) >= 11 is 0. The van der Waals surface area contributed by atoms with Crippen LogP contribution in [0.25, 0.3) is 0 Å². The van der Waals surface area contributed by atoms with Crippen LogP contribution in [0.4, 0.5) is 0 Å². The highest BCUT2D eigenvalue weighted by atomic mass is 32.2. The van der Waals surface area contributed by atoms with Crippen LogP contribution < -0.4 is 10.0 Å². The van der Waals surface area contributed by atoms with Crippen LogP contribution in [0.1, 0.15) is 44.6 Å². The molecule has 1 heterocycles. The number of nitrogens with one attached hydrogen (secondary N) is 3. The van der Waals surface area contributed by atoms with Crippen LogP contribution in [-0.4, -0.2) is 31.2 Å². The molecule has 0 aliphatic heterocycles. The van der Waals surface area contributed by atoms with Crippen LogP contribution in [0.5, 0.6) is 0 Å². The molecule has 0 bridgehead atoms. The van der Waals surface area contributed by atoms with Gasteiger partial charge < -0.3 is 5.32 Å². The Morgan fingerprint density at radius 1 is 1.42 bits per heavy atom. The van der Waals surface area contributed by atoms with Gasteiger partial charge in [-0.3, -0.25) is 5.10 Å². The van der Waals surface area contributed by atoms with Crippen LogP contribution in [-0.2, 0) is 16.6 Å². The molecule has 1 aliphatic rings. The van der Waals surface area contributed by atoms with Crippen molar-refractivity contribution in [2.24, 2.45) is 0 Å². The van der Waals surface area contributed by atoms with Crippen LogP contribution >= 0.6 is 0 Å². The fraction of sp³-hybridized carbons (Fsp3) is 0.750. The minimum Gasteiger partial charge on any atom is -0.310 e. The molecule has 0 aromatic carbocycles. The zero-order chi connectivity index (χ0) is 13.7. The number of hydrogen-bond donors (Lipinski definition) is 3. The van der Waals surface area contributed by atoms with Gasteiger partial charge in [-0.1, -0.05) is 19.8 Å². The minimum absolute atomic E-state index is 0.192. The Kier molecular flexibility index (Phi) is 4.95. The first-order valence-electron chi connectivity index (χ1n) is 6.89. The summed E-state index contributed by atoms with van der Waals surface area (Å²) in [6.45, 7) is 3.11. The lowest BCUT2D eigenvalue weighted by molar-refractivity contribution is 0.568. The molecule has 0 unspecified atom stereocenters. The molecule has 0 atom stereocenters. The average molecular weight is 286 g/mol. The van der Waals surface area contributed by atoms with Gasteiger partial charge in [0.15, 0.2) is 5.03 Å². The topological polar surface area (TPSA) is 86.9 Å². The predicted molar refractivity (Wildman–Crippen MR) is 73.2 cm³/mol. The Bertz CT molecular complexity index is 494. The minimum atomic E-state index is -3.46. The van der Waals surface area contributed by atoms with Gasteiger partial charge in [0.05, 0.1) is 6.20 Å². The van der Waals surface area contributed by atoms with Crippen molar-refractivity contribution < 1.29 is 8.42 Å². The number of aromatic nitrogens is 2. The zero-order valence-electron chi connectivity index (χ0n) is 11.3. The number of rotatable bonds is 9. The molecular weight excluding hydrogens is 264 g/mol. The molecule has 108 valence electrons. The van der Waals surface area contributed by atoms with Gasteiger partial charge >= 0.3 is 0 Å². The molecule has 1 aliphatic carbocycles. The lowest BCUT2D eigenvalue weighted by Crippen LogP contribution is -2.27. The van der Waals surface area contributed by atoms with Crippen molar-refractivity contribution in [2.75, 3.05) is 6.54 Å². The van der Waals surface area contributed by atoms with E-state index in [0.717, 1.165) is 19.3 Å². The second-order valence-corrected chi connectivity index (χ2v) is 6.69. The molecule has 0 radical (unpaired) electrons. The van der Waals surface area contributed by atoms with E-state index in [4.69, 9.17) is 0 Å². The predicted octanol–water partition coefficient (Wildman–Crippen LogP) is 1.13. The van der Waals surface area contributed by atoms with E-state index in [2.05, 4.69) is 27.2 Å². The van der Waals surface area contributed by atoms with E-state index >= 15 is 0 Å². The second kappa shape index (κ2) is 6.49. The van der Waals surface area contributed by atoms with Crippen molar-refractivity contribution in [1.29, 1.82) is 0 Å². The number of hydrogen-bond acceptors (Lipinski definition) is 4. The highest BCUT2D eigenvalue weighted by Gasteiger charge is 2.24. The second-order valence-electron chi connectivity index (χ2n) is 4.98. The first kappa shape index (κ1) is 14.5. The zero-order valence-corrected chi connectivity index (χ0v) is 12.1. The molecule has 1 aromatic rings. The van der Waals surface area contributed by atoms with Gasteiger partial charge in [0.25, 0.3) is 10.0 Å². The van der Waals surface area contributed by atoms with Crippen LogP contribution in [0.2, 0.25) is 0 Å². The molecule has 1 fully saturated rings. The summed E-state index contributed by atoms with van der Waals surface area (Å²) in [6.07, 6.45) is 6.89. The summed E-state index contributed by atoms with van der Waals surface area (Å²) in [6, 6.07) is 0.544. The molecule has 2 rings (SSSR count). The van der Waals surface area contributed by atoms with Crippen molar-refractivity contribution in [3.8, 4) is 0 Å². The third-order valence-electron chi connectivity index (χ3n) is 3.18. The first-order valence-corrected chi connectivity index (χ1v) is 8.37. The van der Waals surface area contributed by atoms with E-state index in [9.17, 15) is 8.42 Å². The number of unbranched alkanes of at least 4 members (excludes halogenated alkanes) is 2. The van der Waals surface area contributed by atoms with Gasteiger partial charge in [-0.05, 0) is 19.3 Å². The summed E-state index contributed by atoms with van der Waals surface area (Å²) in [5.74, 6) is 0. The Hall–Kier alpha value is -0.920. The van der Waals surface area contributed by atoms with Crippen molar-refractivity contribution >= 4 is 10.0 Å². The Balaban J connectivity index is 1.92. The van der Waals surface area contributed by atoms with E-state index in [1.807, 2.05) is 0 Å². The van der Waals surface area contributed by atoms with E-state index in [-0.39, 0.29) is 5.03 Å². The van der Waals surface area contributed by atoms with E-state index in [1.54, 1.807) is 6.20 Å². The number of H-pyrrole nitrogens is 1. The highest BCUT2D eigenvalue weighted by Crippen LogP contribution is 2.20. The molecule has 7 heteroatoms. The van der Waals surface area contributed by atoms with E-state index < -0.39 is 10.0 Å². The SMILES string of the molecule is CCCCCNS(=O)(=O)c1[nH]ncc1CNC1CC1. The van der Waals surface area contributed by atoms with Gasteiger partial charge in [0, 0.05) is 24.7 Å². The Labute approximate surface area is 114 Å². The van der Waals surface area contributed by atoms with Crippen LogP contribution in [0, 0.1) is 0 Å². The summed E-state index contributed by atoms with van der Waals surface area (Å²) in [5.41, 5.74) is 0.704. The molecule has 19 heavy (non-hydrogen) atoms. The normalized spacial score (nSPS) is 15.8. The Morgan fingerprint density at radius 3 is 2.89 bits per heavy atom. The van der Waals surface area contributed by atoms with E-state index in [0.29, 0.717) is 24.7 Å². The standard InChI is InChI=1S/C12H22N4O2S/c1-2-3-4-7-15-19(17,18)12-10(9-14-16-12)8-13-11-5-6-11/h9,11,13,15H,2-8H2,1H3,(H,14,16). The summed E-state index contributed by atoms with van der Waals surface area (Å²) in [7, 11) is -3.46. The van der Waals surface area contributed by atoms with Gasteiger partial charge in [-0.15, -0.1) is 0 Å². The molecule has 0 saturated heterocycles. The molecular formula is C12H22N4O2S. The van der Waals surface area contributed by atoms with Crippen molar-refractivity contribution in [2.45, 2.75) is 56.6 Å². The lowest BCUT2D eigenvalue weighted by Gasteiger charge is -2.07. The first-order chi connectivity index (χ1) is 9.13. The molecule has 1 saturated carbocycles. The quantitative estimate of drug-likeness (QED) is 0.594.